The lowest BCUT2D eigenvalue weighted by atomic mass is 10.0. The zero-order valence-corrected chi connectivity index (χ0v) is 11.2. The molecule has 1 atom stereocenters. The summed E-state index contributed by atoms with van der Waals surface area (Å²) in [7, 11) is 0. The molecule has 1 aliphatic rings. The predicted molar refractivity (Wildman–Crippen MR) is 70.9 cm³/mol. The third-order valence-electron chi connectivity index (χ3n) is 2.94. The molecule has 19 heavy (non-hydrogen) atoms. The van der Waals surface area contributed by atoms with E-state index in [4.69, 9.17) is 31.9 Å². The standard InChI is InChI=1S/C13H16ClNO4/c14-9-3-2-8(10(15)4-5-11(16)17)12-13(9)19-7-1-6-18-12/h2-3,10H,1,4-7,15H2,(H,16,17). The maximum absolute atomic E-state index is 10.6. The molecule has 0 bridgehead atoms. The first-order valence-corrected chi connectivity index (χ1v) is 6.52. The fourth-order valence-electron chi connectivity index (χ4n) is 1.97. The van der Waals surface area contributed by atoms with Crippen molar-refractivity contribution in [3.63, 3.8) is 0 Å². The number of hydrogen-bond donors (Lipinski definition) is 2. The van der Waals surface area contributed by atoms with Crippen LogP contribution in [0.3, 0.4) is 0 Å². The first-order chi connectivity index (χ1) is 9.09. The fraction of sp³-hybridized carbons (Fsp3) is 0.462. The highest BCUT2D eigenvalue weighted by atomic mass is 35.5. The van der Waals surface area contributed by atoms with E-state index in [-0.39, 0.29) is 6.42 Å². The molecular formula is C13H16ClNO4. The molecule has 1 unspecified atom stereocenters. The second kappa shape index (κ2) is 6.12. The number of benzene rings is 1. The van der Waals surface area contributed by atoms with Gasteiger partial charge in [-0.1, -0.05) is 17.7 Å². The van der Waals surface area contributed by atoms with Gasteiger partial charge in [0.15, 0.2) is 11.5 Å². The maximum Gasteiger partial charge on any atom is 0.303 e. The second-order valence-corrected chi connectivity index (χ2v) is 4.79. The van der Waals surface area contributed by atoms with Crippen LogP contribution in [-0.4, -0.2) is 24.3 Å². The first kappa shape index (κ1) is 14.0. The van der Waals surface area contributed by atoms with Gasteiger partial charge in [-0.2, -0.15) is 0 Å². The number of ether oxygens (including phenoxy) is 2. The van der Waals surface area contributed by atoms with Crippen LogP contribution in [0.15, 0.2) is 12.1 Å². The number of carbonyl (C=O) groups is 1. The maximum atomic E-state index is 10.6. The van der Waals surface area contributed by atoms with E-state index in [0.29, 0.717) is 36.2 Å². The van der Waals surface area contributed by atoms with E-state index in [9.17, 15) is 4.79 Å². The van der Waals surface area contributed by atoms with E-state index in [0.717, 1.165) is 12.0 Å². The van der Waals surface area contributed by atoms with Gasteiger partial charge in [0.1, 0.15) is 0 Å². The zero-order chi connectivity index (χ0) is 13.8. The van der Waals surface area contributed by atoms with Gasteiger partial charge in [-0.3, -0.25) is 4.79 Å². The van der Waals surface area contributed by atoms with E-state index in [1.807, 2.05) is 0 Å². The van der Waals surface area contributed by atoms with Crippen molar-refractivity contribution < 1.29 is 19.4 Å². The van der Waals surface area contributed by atoms with Crippen molar-refractivity contribution in [3.05, 3.63) is 22.7 Å². The molecule has 3 N–H and O–H groups in total. The van der Waals surface area contributed by atoms with Gasteiger partial charge in [0, 0.05) is 24.4 Å². The highest BCUT2D eigenvalue weighted by Crippen LogP contribution is 2.42. The molecule has 6 heteroatoms. The third-order valence-corrected chi connectivity index (χ3v) is 3.24. The molecule has 1 heterocycles. The Balaban J connectivity index is 2.27. The van der Waals surface area contributed by atoms with Crippen LogP contribution < -0.4 is 15.2 Å². The van der Waals surface area contributed by atoms with Crippen LogP contribution in [0.2, 0.25) is 5.02 Å². The molecule has 0 fully saturated rings. The number of fused-ring (bicyclic) bond motifs is 1. The van der Waals surface area contributed by atoms with Gasteiger partial charge < -0.3 is 20.3 Å². The Morgan fingerprint density at radius 2 is 2.05 bits per heavy atom. The Labute approximate surface area is 116 Å². The fourth-order valence-corrected chi connectivity index (χ4v) is 2.17. The van der Waals surface area contributed by atoms with Crippen LogP contribution >= 0.6 is 11.6 Å². The lowest BCUT2D eigenvalue weighted by molar-refractivity contribution is -0.137. The molecular weight excluding hydrogens is 270 g/mol. The smallest absolute Gasteiger partial charge is 0.303 e. The molecule has 0 aliphatic carbocycles. The minimum Gasteiger partial charge on any atom is -0.489 e. The topological polar surface area (TPSA) is 81.8 Å². The largest absolute Gasteiger partial charge is 0.489 e. The van der Waals surface area contributed by atoms with Crippen molar-refractivity contribution in [2.24, 2.45) is 5.73 Å². The van der Waals surface area contributed by atoms with Gasteiger partial charge in [-0.15, -0.1) is 0 Å². The molecule has 0 aromatic heterocycles. The van der Waals surface area contributed by atoms with Gasteiger partial charge in [0.25, 0.3) is 0 Å². The minimum atomic E-state index is -0.868. The third kappa shape index (κ3) is 3.30. The summed E-state index contributed by atoms with van der Waals surface area (Å²) in [6.45, 7) is 1.08. The Bertz CT molecular complexity index is 478. The monoisotopic (exact) mass is 285 g/mol. The summed E-state index contributed by atoms with van der Waals surface area (Å²) in [6.07, 6.45) is 1.13. The number of rotatable bonds is 4. The van der Waals surface area contributed by atoms with E-state index in [1.54, 1.807) is 12.1 Å². The molecule has 1 aromatic carbocycles. The summed E-state index contributed by atoms with van der Waals surface area (Å²) in [6, 6.07) is 3.05. The van der Waals surface area contributed by atoms with Crippen molar-refractivity contribution in [3.8, 4) is 11.5 Å². The summed E-state index contributed by atoms with van der Waals surface area (Å²) in [5.74, 6) is 0.179. The van der Waals surface area contributed by atoms with Crippen molar-refractivity contribution >= 4 is 17.6 Å². The van der Waals surface area contributed by atoms with Crippen LogP contribution in [0, 0.1) is 0 Å². The van der Waals surface area contributed by atoms with Crippen LogP contribution in [0.1, 0.15) is 30.9 Å². The quantitative estimate of drug-likeness (QED) is 0.887. The van der Waals surface area contributed by atoms with Crippen LogP contribution in [0.5, 0.6) is 11.5 Å². The van der Waals surface area contributed by atoms with Crippen LogP contribution in [0.4, 0.5) is 0 Å². The Morgan fingerprint density at radius 3 is 2.74 bits per heavy atom. The summed E-state index contributed by atoms with van der Waals surface area (Å²) >= 11 is 6.08. The molecule has 0 spiro atoms. The van der Waals surface area contributed by atoms with E-state index in [2.05, 4.69) is 0 Å². The minimum absolute atomic E-state index is 0.0133. The zero-order valence-electron chi connectivity index (χ0n) is 10.4. The number of nitrogens with two attached hydrogens (primary N) is 1. The van der Waals surface area contributed by atoms with Crippen LogP contribution in [-0.2, 0) is 4.79 Å². The van der Waals surface area contributed by atoms with Gasteiger partial charge in [-0.25, -0.2) is 0 Å². The van der Waals surface area contributed by atoms with Gasteiger partial charge in [0.05, 0.1) is 18.2 Å². The SMILES string of the molecule is NC(CCC(=O)O)c1ccc(Cl)c2c1OCCCO2. The lowest BCUT2D eigenvalue weighted by Gasteiger charge is -2.18. The molecule has 0 saturated carbocycles. The van der Waals surface area contributed by atoms with Gasteiger partial charge in [-0.05, 0) is 12.5 Å². The average molecular weight is 286 g/mol. The van der Waals surface area contributed by atoms with E-state index in [1.165, 1.54) is 0 Å². The first-order valence-electron chi connectivity index (χ1n) is 6.15. The number of halogens is 1. The summed E-state index contributed by atoms with van der Waals surface area (Å²) in [5, 5.41) is 9.18. The number of aliphatic carboxylic acids is 1. The van der Waals surface area contributed by atoms with Crippen molar-refractivity contribution in [1.82, 2.24) is 0 Å². The number of carboxylic acid groups (broad SMARTS) is 1. The van der Waals surface area contributed by atoms with Gasteiger partial charge >= 0.3 is 5.97 Å². The normalized spacial score (nSPS) is 15.7. The second-order valence-electron chi connectivity index (χ2n) is 4.38. The summed E-state index contributed by atoms with van der Waals surface area (Å²) in [4.78, 5) is 10.6. The molecule has 2 rings (SSSR count). The summed E-state index contributed by atoms with van der Waals surface area (Å²) in [5.41, 5.74) is 6.76. The Kier molecular flexibility index (Phi) is 4.50. The molecule has 0 saturated heterocycles. The average Bonchev–Trinajstić information content (AvgIpc) is 2.62. The van der Waals surface area contributed by atoms with Crippen molar-refractivity contribution in [2.45, 2.75) is 25.3 Å². The number of carboxylic acids is 1. The van der Waals surface area contributed by atoms with Crippen molar-refractivity contribution in [1.29, 1.82) is 0 Å². The number of hydrogen-bond acceptors (Lipinski definition) is 4. The molecule has 5 nitrogen and oxygen atoms in total. The van der Waals surface area contributed by atoms with E-state index >= 15 is 0 Å². The Hall–Kier alpha value is -1.46. The molecule has 1 aromatic rings. The lowest BCUT2D eigenvalue weighted by Crippen LogP contribution is -2.14. The Morgan fingerprint density at radius 1 is 1.37 bits per heavy atom. The van der Waals surface area contributed by atoms with Crippen molar-refractivity contribution in [2.75, 3.05) is 13.2 Å². The molecule has 104 valence electrons. The highest BCUT2D eigenvalue weighted by Gasteiger charge is 2.22. The van der Waals surface area contributed by atoms with E-state index < -0.39 is 12.0 Å². The summed E-state index contributed by atoms with van der Waals surface area (Å²) < 4.78 is 11.2. The highest BCUT2D eigenvalue weighted by molar-refractivity contribution is 6.32. The molecule has 1 aliphatic heterocycles. The van der Waals surface area contributed by atoms with Crippen LogP contribution in [0.25, 0.3) is 0 Å². The van der Waals surface area contributed by atoms with Gasteiger partial charge in [0.2, 0.25) is 0 Å². The molecule has 0 radical (unpaired) electrons. The molecule has 0 amide bonds. The predicted octanol–water partition coefficient (Wildman–Crippen LogP) is 2.37.